The van der Waals surface area contributed by atoms with E-state index in [0.717, 1.165) is 0 Å². The van der Waals surface area contributed by atoms with Crippen LogP contribution in [0, 0.1) is 0 Å². The van der Waals surface area contributed by atoms with Gasteiger partial charge in [-0.05, 0) is 0 Å². The molecule has 1 saturated heterocycles. The van der Waals surface area contributed by atoms with Crippen LogP contribution in [0.3, 0.4) is 0 Å². The SMILES string of the molecule is COC(=O)C(F)(F)S(=O)(=O)N(I1CN1)S(=O)(=O)C(F)(F)C(=O)OC. The van der Waals surface area contributed by atoms with Gasteiger partial charge in [0.1, 0.15) is 0 Å². The van der Waals surface area contributed by atoms with Crippen LogP contribution in [-0.4, -0.2) is 60.0 Å². The molecule has 1 aliphatic rings. The number of methoxy groups -OCH3 is 2. The van der Waals surface area contributed by atoms with Crippen molar-refractivity contribution >= 4 is 52.4 Å². The molecule has 17 heteroatoms. The monoisotopic (exact) mass is 516 g/mol. The molecule has 1 rings (SSSR count). The van der Waals surface area contributed by atoms with E-state index < -0.39 is 69.3 Å². The zero-order valence-corrected chi connectivity index (χ0v) is 15.4. The van der Waals surface area contributed by atoms with Gasteiger partial charge < -0.3 is 0 Å². The first-order chi connectivity index (χ1) is 10.7. The number of carbonyl (C=O) groups is 2. The quantitative estimate of drug-likeness (QED) is 0.0890. The number of alkyl halides is 5. The first kappa shape index (κ1) is 21.3. The van der Waals surface area contributed by atoms with Crippen molar-refractivity contribution in [1.82, 2.24) is 5.45 Å². The van der Waals surface area contributed by atoms with Crippen molar-refractivity contribution in [1.29, 1.82) is 0 Å². The first-order valence-electron chi connectivity index (χ1n) is 5.31. The first-order valence-corrected chi connectivity index (χ1v) is 11.8. The molecule has 0 bridgehead atoms. The van der Waals surface area contributed by atoms with Crippen LogP contribution in [0.15, 0.2) is 0 Å². The molecule has 0 saturated carbocycles. The second kappa shape index (κ2) is 6.50. The fraction of sp³-hybridized carbons (Fsp3) is 0.714. The summed E-state index contributed by atoms with van der Waals surface area (Å²) in [6, 6.07) is 0. The molecule has 1 heterocycles. The van der Waals surface area contributed by atoms with Crippen molar-refractivity contribution in [3.05, 3.63) is 0 Å². The van der Waals surface area contributed by atoms with Gasteiger partial charge >= 0.3 is 141 Å². The van der Waals surface area contributed by atoms with Crippen LogP contribution < -0.4 is 3.53 Å². The average Bonchev–Trinajstić information content (AvgIpc) is 3.28. The third kappa shape index (κ3) is 3.18. The van der Waals surface area contributed by atoms with Crippen LogP contribution in [0.4, 0.5) is 17.6 Å². The molecule has 0 unspecified atom stereocenters. The molecule has 0 radical (unpaired) electrons. The molecule has 0 aromatic heterocycles. The van der Waals surface area contributed by atoms with E-state index >= 15 is 0 Å². The van der Waals surface area contributed by atoms with Gasteiger partial charge in [0.05, 0.1) is 0 Å². The second-order valence-corrected chi connectivity index (χ2v) is 13.4. The predicted molar refractivity (Wildman–Crippen MR) is 75.6 cm³/mol. The summed E-state index contributed by atoms with van der Waals surface area (Å²) in [5, 5.41) is -10.9. The molecule has 0 aromatic rings. The van der Waals surface area contributed by atoms with E-state index in [-0.39, 0.29) is 0 Å². The van der Waals surface area contributed by atoms with Crippen molar-refractivity contribution in [2.24, 2.45) is 0 Å². The van der Waals surface area contributed by atoms with E-state index in [1.165, 1.54) is 0 Å². The zero-order valence-electron chi connectivity index (χ0n) is 11.6. The maximum absolute atomic E-state index is 13.7. The van der Waals surface area contributed by atoms with E-state index in [0.29, 0.717) is 14.2 Å². The van der Waals surface area contributed by atoms with Gasteiger partial charge in [-0.15, -0.1) is 0 Å². The number of hydrogen-bond donors (Lipinski definition) is 1. The van der Waals surface area contributed by atoms with Gasteiger partial charge in [-0.25, -0.2) is 0 Å². The number of hydrogen-bond acceptors (Lipinski definition) is 9. The molecule has 0 atom stereocenters. The standard InChI is InChI=1S/C7H9F4IN2O8S2/c1-21-4(15)6(8,9)23(17,18)14(12-3-13-12)24(19,20)7(10,11)5(16)22-2/h13H,3H2,1-2H3. The summed E-state index contributed by atoms with van der Waals surface area (Å²) in [6.45, 7) is 0. The molecule has 1 N–H and O–H groups in total. The predicted octanol–water partition coefficient (Wildman–Crippen LogP) is -0.623. The Balaban J connectivity index is 3.55. The third-order valence-electron chi connectivity index (χ3n) is 2.29. The fourth-order valence-corrected chi connectivity index (χ4v) is 12.2. The molecule has 10 nitrogen and oxygen atoms in total. The summed E-state index contributed by atoms with van der Waals surface area (Å²) in [6.07, 6.45) is 0. The molecular weight excluding hydrogens is 507 g/mol. The van der Waals surface area contributed by atoms with Crippen molar-refractivity contribution in [2.45, 2.75) is 10.5 Å². The molecule has 142 valence electrons. The fourth-order valence-electron chi connectivity index (χ4n) is 1.10. The van der Waals surface area contributed by atoms with Gasteiger partial charge in [0.15, 0.2) is 0 Å². The van der Waals surface area contributed by atoms with Gasteiger partial charge in [0.25, 0.3) is 0 Å². The topological polar surface area (TPSA) is 146 Å². The molecule has 1 fully saturated rings. The summed E-state index contributed by atoms with van der Waals surface area (Å²) in [5.41, 5.74) is 0. The number of esters is 2. The van der Waals surface area contributed by atoms with Gasteiger partial charge in [-0.3, -0.25) is 0 Å². The van der Waals surface area contributed by atoms with E-state index in [9.17, 15) is 44.0 Å². The average molecular weight is 516 g/mol. The Hall–Kier alpha value is -0.790. The Morgan fingerprint density at radius 1 is 0.958 bits per heavy atom. The summed E-state index contributed by atoms with van der Waals surface area (Å²) in [4.78, 5) is 21.9. The van der Waals surface area contributed by atoms with Crippen LogP contribution >= 0.6 is 20.4 Å². The van der Waals surface area contributed by atoms with E-state index in [4.69, 9.17) is 0 Å². The molecule has 0 aliphatic carbocycles. The number of nitrogens with zero attached hydrogens (tertiary/aromatic N) is 1. The Kier molecular flexibility index (Phi) is 5.76. The summed E-state index contributed by atoms with van der Waals surface area (Å²) in [7, 11) is -12.2. The molecule has 0 aromatic carbocycles. The molecule has 0 spiro atoms. The number of rotatable bonds is 7. The summed E-state index contributed by atoms with van der Waals surface area (Å²) >= 11 is -3.75. The van der Waals surface area contributed by atoms with Crippen LogP contribution in [0.2, 0.25) is 0 Å². The van der Waals surface area contributed by atoms with E-state index in [1.807, 2.05) is 0 Å². The van der Waals surface area contributed by atoms with Crippen LogP contribution in [-0.2, 0) is 39.1 Å². The van der Waals surface area contributed by atoms with Crippen LogP contribution in [0.5, 0.6) is 0 Å². The third-order valence-corrected chi connectivity index (χ3v) is 13.6. The molecular formula is C7H9F4IN2O8S2. The van der Waals surface area contributed by atoms with Crippen molar-refractivity contribution in [2.75, 3.05) is 18.8 Å². The van der Waals surface area contributed by atoms with Gasteiger partial charge in [0.2, 0.25) is 0 Å². The number of nitrogens with one attached hydrogen (secondary N) is 1. The van der Waals surface area contributed by atoms with Crippen molar-refractivity contribution in [3.63, 3.8) is 0 Å². The second-order valence-electron chi connectivity index (χ2n) is 3.78. The Bertz CT molecular complexity index is 692. The minimum absolute atomic E-state index is 0.377. The summed E-state index contributed by atoms with van der Waals surface area (Å²) in [5.74, 6) is -5.36. The maximum atomic E-state index is 13.7. The Morgan fingerprint density at radius 2 is 1.25 bits per heavy atom. The van der Waals surface area contributed by atoms with Gasteiger partial charge in [-0.2, -0.15) is 0 Å². The van der Waals surface area contributed by atoms with E-state index in [2.05, 4.69) is 13.0 Å². The number of ether oxygens (including phenoxy) is 2. The van der Waals surface area contributed by atoms with E-state index in [1.54, 1.807) is 0 Å². The molecule has 0 amide bonds. The van der Waals surface area contributed by atoms with Gasteiger partial charge in [0, 0.05) is 0 Å². The number of carbonyl (C=O) groups excluding carboxylic acids is 2. The van der Waals surface area contributed by atoms with Crippen molar-refractivity contribution < 1.29 is 53.5 Å². The number of sulfonamides is 2. The zero-order chi connectivity index (χ0) is 19.1. The molecule has 1 aliphatic heterocycles. The normalized spacial score (nSPS) is 17.5. The Morgan fingerprint density at radius 3 is 1.46 bits per heavy atom. The minimum atomic E-state index is -6.47. The van der Waals surface area contributed by atoms with Crippen LogP contribution in [0.25, 0.3) is 0 Å². The molecule has 24 heavy (non-hydrogen) atoms. The summed E-state index contributed by atoms with van der Waals surface area (Å²) < 4.78 is 110. The Labute approximate surface area is 140 Å². The van der Waals surface area contributed by atoms with Gasteiger partial charge in [-0.1, -0.05) is 0 Å². The van der Waals surface area contributed by atoms with Crippen LogP contribution in [0.1, 0.15) is 0 Å². The number of halogens is 5. The van der Waals surface area contributed by atoms with Crippen molar-refractivity contribution in [3.8, 4) is 0 Å².